The maximum Gasteiger partial charge on any atom is 0.351 e. The summed E-state index contributed by atoms with van der Waals surface area (Å²) in [4.78, 5) is 45.1. The van der Waals surface area contributed by atoms with Crippen LogP contribution in [-0.2, 0) is 23.9 Å². The molecule has 4 N–H and O–H groups in total. The van der Waals surface area contributed by atoms with Crippen molar-refractivity contribution in [3.63, 3.8) is 0 Å². The van der Waals surface area contributed by atoms with E-state index < -0.39 is 23.3 Å². The van der Waals surface area contributed by atoms with E-state index in [1.165, 1.54) is 13.1 Å². The van der Waals surface area contributed by atoms with Crippen LogP contribution in [0.4, 0.5) is 0 Å². The molecular weight excluding hydrogens is 533 g/mol. The molecule has 1 aromatic carbocycles. The molecule has 2 rings (SSSR count). The van der Waals surface area contributed by atoms with Crippen LogP contribution in [0, 0.1) is 0 Å². The number of esters is 1. The maximum atomic E-state index is 12.8. The van der Waals surface area contributed by atoms with Gasteiger partial charge in [0.05, 0.1) is 12.3 Å². The number of rotatable bonds is 9. The van der Waals surface area contributed by atoms with Crippen LogP contribution in [0.3, 0.4) is 0 Å². The van der Waals surface area contributed by atoms with Gasteiger partial charge in [0, 0.05) is 19.8 Å². The van der Waals surface area contributed by atoms with E-state index >= 15 is 0 Å². The first-order chi connectivity index (χ1) is 14.7. The fourth-order valence-corrected chi connectivity index (χ4v) is 2.82. The summed E-state index contributed by atoms with van der Waals surface area (Å²) in [6.45, 7) is 4.00. The van der Waals surface area contributed by atoms with Crippen LogP contribution in [0.1, 0.15) is 45.1 Å². The minimum atomic E-state index is -1.76. The van der Waals surface area contributed by atoms with Gasteiger partial charge in [-0.1, -0.05) is 0 Å². The molecule has 0 radical (unpaired) electrons. The molecule has 10 nitrogen and oxygen atoms in total. The van der Waals surface area contributed by atoms with Gasteiger partial charge in [-0.15, -0.1) is 24.0 Å². The number of halogens is 1. The number of carbonyl (C=O) groups is 4. The molecule has 1 fully saturated rings. The van der Waals surface area contributed by atoms with Crippen molar-refractivity contribution in [2.45, 2.75) is 51.2 Å². The third kappa shape index (κ3) is 10.3. The summed E-state index contributed by atoms with van der Waals surface area (Å²) in [5, 5.41) is 14.0. The third-order valence-electron chi connectivity index (χ3n) is 4.41. The van der Waals surface area contributed by atoms with Gasteiger partial charge in [0.2, 0.25) is 5.60 Å². The molecule has 0 aromatic heterocycles. The number of nitrogens with one attached hydrogen (secondary N) is 1. The molecule has 0 saturated carbocycles. The molecule has 0 aliphatic carbocycles. The number of carboxylic acid groups (broad SMARTS) is 1. The second kappa shape index (κ2) is 15.4. The third-order valence-corrected chi connectivity index (χ3v) is 4.41. The van der Waals surface area contributed by atoms with Crippen LogP contribution in [0.15, 0.2) is 29.4 Å². The van der Waals surface area contributed by atoms with E-state index in [0.29, 0.717) is 19.1 Å². The highest BCUT2D eigenvalue weighted by molar-refractivity contribution is 14.0. The zero-order valence-corrected chi connectivity index (χ0v) is 20.4. The molecule has 178 valence electrons. The summed E-state index contributed by atoms with van der Waals surface area (Å²) in [6.07, 6.45) is 3.21. The van der Waals surface area contributed by atoms with Crippen molar-refractivity contribution in [1.82, 2.24) is 5.32 Å². The largest absolute Gasteiger partial charge is 0.481 e. The summed E-state index contributed by atoms with van der Waals surface area (Å²) in [7, 11) is 0. The number of hydrogen-bond acceptors (Lipinski definition) is 9. The van der Waals surface area contributed by atoms with Gasteiger partial charge in [-0.25, -0.2) is 4.79 Å². The average Bonchev–Trinajstić information content (AvgIpc) is 2.73. The highest BCUT2D eigenvalue weighted by atomic mass is 127. The lowest BCUT2D eigenvalue weighted by Gasteiger charge is -2.33. The Morgan fingerprint density at radius 2 is 1.81 bits per heavy atom. The Morgan fingerprint density at radius 1 is 1.25 bits per heavy atom. The SMILES string of the molecule is CC(=O)O.CC(OC1CCNCC1)(C(=O)CCC=O)C(=O)Oc1ccc(C=NN)cc1.I. The molecule has 1 aromatic rings. The lowest BCUT2D eigenvalue weighted by atomic mass is 9.95. The van der Waals surface area contributed by atoms with Crippen LogP contribution < -0.4 is 15.9 Å². The van der Waals surface area contributed by atoms with Crippen molar-refractivity contribution in [2.24, 2.45) is 10.9 Å². The predicted molar refractivity (Wildman–Crippen MR) is 128 cm³/mol. The molecule has 0 spiro atoms. The zero-order valence-electron chi connectivity index (χ0n) is 18.1. The molecule has 1 heterocycles. The monoisotopic (exact) mass is 563 g/mol. The number of aldehydes is 1. The van der Waals surface area contributed by atoms with Gasteiger partial charge in [0.1, 0.15) is 12.0 Å². The quantitative estimate of drug-likeness (QED) is 0.0594. The number of ether oxygens (including phenoxy) is 2. The number of ketones is 1. The first-order valence-corrected chi connectivity index (χ1v) is 9.83. The normalized spacial score (nSPS) is 15.4. The highest BCUT2D eigenvalue weighted by Gasteiger charge is 2.45. The number of carboxylic acids is 1. The van der Waals surface area contributed by atoms with Crippen LogP contribution in [0.2, 0.25) is 0 Å². The molecule has 1 unspecified atom stereocenters. The second-order valence-corrected chi connectivity index (χ2v) is 6.98. The number of piperidine rings is 1. The Kier molecular flexibility index (Phi) is 14.3. The number of benzene rings is 1. The molecule has 0 bridgehead atoms. The zero-order chi connectivity index (χ0) is 23.3. The second-order valence-electron chi connectivity index (χ2n) is 6.98. The topological polar surface area (TPSA) is 157 Å². The maximum absolute atomic E-state index is 12.8. The number of nitrogens with zero attached hydrogens (tertiary/aromatic N) is 1. The fourth-order valence-electron chi connectivity index (χ4n) is 2.82. The first-order valence-electron chi connectivity index (χ1n) is 9.83. The van der Waals surface area contributed by atoms with Crippen molar-refractivity contribution >= 4 is 54.2 Å². The van der Waals surface area contributed by atoms with Gasteiger partial charge in [-0.3, -0.25) is 9.59 Å². The van der Waals surface area contributed by atoms with Crippen LogP contribution in [0.25, 0.3) is 0 Å². The lowest BCUT2D eigenvalue weighted by molar-refractivity contribution is -0.176. The number of nitrogens with two attached hydrogens (primary N) is 1. The number of aliphatic carboxylic acids is 1. The molecule has 0 amide bonds. The fraction of sp³-hybridized carbons (Fsp3) is 0.476. The number of hydrazone groups is 1. The average molecular weight is 563 g/mol. The van der Waals surface area contributed by atoms with Gasteiger partial charge in [0.25, 0.3) is 5.97 Å². The summed E-state index contributed by atoms with van der Waals surface area (Å²) in [5.74, 6) is 3.28. The smallest absolute Gasteiger partial charge is 0.351 e. The summed E-state index contributed by atoms with van der Waals surface area (Å²) < 4.78 is 11.3. The number of carbonyl (C=O) groups excluding carboxylic acids is 3. The van der Waals surface area contributed by atoms with Crippen LogP contribution in [0.5, 0.6) is 5.75 Å². The van der Waals surface area contributed by atoms with Crippen LogP contribution >= 0.6 is 24.0 Å². The summed E-state index contributed by atoms with van der Waals surface area (Å²) >= 11 is 0. The van der Waals surface area contributed by atoms with E-state index in [0.717, 1.165) is 25.6 Å². The lowest BCUT2D eigenvalue weighted by Crippen LogP contribution is -2.52. The Bertz CT molecular complexity index is 776. The van der Waals surface area contributed by atoms with Gasteiger partial charge < -0.3 is 30.5 Å². The Hall–Kier alpha value is -2.38. The first kappa shape index (κ1) is 29.6. The Labute approximate surface area is 203 Å². The van der Waals surface area contributed by atoms with E-state index in [9.17, 15) is 14.4 Å². The minimum Gasteiger partial charge on any atom is -0.481 e. The van der Waals surface area contributed by atoms with E-state index in [-0.39, 0.29) is 48.7 Å². The van der Waals surface area contributed by atoms with Gasteiger partial charge >= 0.3 is 5.97 Å². The number of Topliss-reactive ketones (excluding diaryl/α,β-unsaturated/α-hetero) is 1. The standard InChI is InChI=1S/C19H25N3O5.C2H4O2.HI/c1-19(17(24)3-2-12-23,27-16-8-10-21-11-9-16)18(25)26-15-6-4-14(5-7-15)13-22-20;1-2(3)4;/h4-7,12-13,16,21H,2-3,8-11,20H2,1H3;1H3,(H,3,4);1H. The molecule has 1 aliphatic heterocycles. The van der Waals surface area contributed by atoms with Crippen molar-refractivity contribution in [1.29, 1.82) is 0 Å². The molecule has 11 heteroatoms. The minimum absolute atomic E-state index is 0. The summed E-state index contributed by atoms with van der Waals surface area (Å²) in [6, 6.07) is 6.52. The van der Waals surface area contributed by atoms with Gasteiger partial charge in [-0.05, 0) is 62.7 Å². The molecule has 32 heavy (non-hydrogen) atoms. The molecule has 1 atom stereocenters. The molecular formula is C21H30IN3O7. The highest BCUT2D eigenvalue weighted by Crippen LogP contribution is 2.24. The van der Waals surface area contributed by atoms with E-state index in [4.69, 9.17) is 25.2 Å². The predicted octanol–water partition coefficient (Wildman–Crippen LogP) is 1.67. The molecule has 1 saturated heterocycles. The molecule has 1 aliphatic rings. The van der Waals surface area contributed by atoms with Gasteiger partial charge in [-0.2, -0.15) is 5.10 Å². The Morgan fingerprint density at radius 3 is 2.31 bits per heavy atom. The van der Waals surface area contributed by atoms with Crippen molar-refractivity contribution in [3.8, 4) is 5.75 Å². The van der Waals surface area contributed by atoms with E-state index in [2.05, 4.69) is 10.4 Å². The summed E-state index contributed by atoms with van der Waals surface area (Å²) in [5.41, 5.74) is -1.02. The number of hydrogen-bond donors (Lipinski definition) is 3. The van der Waals surface area contributed by atoms with Gasteiger partial charge in [0.15, 0.2) is 5.78 Å². The van der Waals surface area contributed by atoms with Crippen molar-refractivity contribution < 1.29 is 33.8 Å². The van der Waals surface area contributed by atoms with Crippen LogP contribution in [-0.4, -0.2) is 60.1 Å². The van der Waals surface area contributed by atoms with E-state index in [1.807, 2.05) is 0 Å². The Balaban J connectivity index is 0.00000177. The van der Waals surface area contributed by atoms with Crippen molar-refractivity contribution in [3.05, 3.63) is 29.8 Å². The van der Waals surface area contributed by atoms with E-state index in [1.54, 1.807) is 24.3 Å². The van der Waals surface area contributed by atoms with Crippen molar-refractivity contribution in [2.75, 3.05) is 13.1 Å².